The van der Waals surface area contributed by atoms with Crippen LogP contribution in [-0.2, 0) is 4.79 Å². The number of hydrogen-bond acceptors (Lipinski definition) is 2. The van der Waals surface area contributed by atoms with Crippen molar-refractivity contribution in [1.29, 1.82) is 0 Å². The van der Waals surface area contributed by atoms with Gasteiger partial charge in [0.15, 0.2) is 0 Å². The number of nitrogens with two attached hydrogens (primary N) is 1. The third kappa shape index (κ3) is 4.34. The Morgan fingerprint density at radius 2 is 1.83 bits per heavy atom. The van der Waals surface area contributed by atoms with Gasteiger partial charge in [0.2, 0.25) is 5.91 Å². The average molecular weight is 172 g/mol. The van der Waals surface area contributed by atoms with Crippen LogP contribution in [0.25, 0.3) is 0 Å². The molecule has 0 aliphatic rings. The van der Waals surface area contributed by atoms with E-state index in [1.807, 2.05) is 13.8 Å². The molecular weight excluding hydrogens is 152 g/mol. The number of carbonyl (C=O) groups is 1. The number of hydrogen-bond donors (Lipinski definition) is 2. The predicted molar refractivity (Wildman–Crippen MR) is 50.7 cm³/mol. The highest BCUT2D eigenvalue weighted by molar-refractivity contribution is 5.78. The molecule has 3 N–H and O–H groups in total. The van der Waals surface area contributed by atoms with Gasteiger partial charge in [-0.15, -0.1) is 0 Å². The molecule has 0 heterocycles. The van der Waals surface area contributed by atoms with Crippen molar-refractivity contribution in [2.75, 3.05) is 6.54 Å². The first-order valence-electron chi connectivity index (χ1n) is 4.48. The molecule has 0 bridgehead atoms. The average Bonchev–Trinajstić information content (AvgIpc) is 1.98. The van der Waals surface area contributed by atoms with Crippen LogP contribution in [0.5, 0.6) is 0 Å². The van der Waals surface area contributed by atoms with Crippen LogP contribution in [0.2, 0.25) is 0 Å². The van der Waals surface area contributed by atoms with Gasteiger partial charge in [0.05, 0.1) is 0 Å². The molecule has 0 aliphatic heterocycles. The highest BCUT2D eigenvalue weighted by Gasteiger charge is 2.16. The highest BCUT2D eigenvalue weighted by atomic mass is 16.1. The molecular formula is C9H20N2O. The van der Waals surface area contributed by atoms with E-state index < -0.39 is 0 Å². The van der Waals surface area contributed by atoms with Gasteiger partial charge in [-0.2, -0.15) is 0 Å². The second kappa shape index (κ2) is 5.14. The maximum atomic E-state index is 11.3. The number of carbonyl (C=O) groups excluding carboxylic acids is 1. The Morgan fingerprint density at radius 3 is 2.17 bits per heavy atom. The van der Waals surface area contributed by atoms with Gasteiger partial charge in [0.25, 0.3) is 0 Å². The summed E-state index contributed by atoms with van der Waals surface area (Å²) in [5.41, 5.74) is 5.58. The van der Waals surface area contributed by atoms with E-state index in [-0.39, 0.29) is 17.9 Å². The highest BCUT2D eigenvalue weighted by Crippen LogP contribution is 1.99. The molecule has 0 spiro atoms. The number of amides is 1. The van der Waals surface area contributed by atoms with E-state index in [0.29, 0.717) is 5.92 Å². The lowest BCUT2D eigenvalue weighted by molar-refractivity contribution is -0.125. The fourth-order valence-electron chi connectivity index (χ4n) is 0.704. The van der Waals surface area contributed by atoms with Gasteiger partial charge in [-0.3, -0.25) is 4.79 Å². The van der Waals surface area contributed by atoms with Crippen molar-refractivity contribution in [3.63, 3.8) is 0 Å². The molecule has 2 atom stereocenters. The van der Waals surface area contributed by atoms with Crippen molar-refractivity contribution in [3.05, 3.63) is 0 Å². The smallest absolute Gasteiger partial charge is 0.224 e. The fourth-order valence-corrected chi connectivity index (χ4v) is 0.704. The minimum absolute atomic E-state index is 0.0544. The molecule has 0 radical (unpaired) electrons. The SMILES string of the molecule is CC(C)CNC(=O)C(C)C(C)N. The van der Waals surface area contributed by atoms with Gasteiger partial charge in [-0.1, -0.05) is 20.8 Å². The minimum atomic E-state index is -0.0938. The summed E-state index contributed by atoms with van der Waals surface area (Å²) in [5, 5.41) is 2.84. The van der Waals surface area contributed by atoms with E-state index in [1.54, 1.807) is 0 Å². The summed E-state index contributed by atoms with van der Waals surface area (Å²) in [4.78, 5) is 11.3. The molecule has 0 aliphatic carbocycles. The van der Waals surface area contributed by atoms with Gasteiger partial charge in [-0.05, 0) is 12.8 Å². The second-order valence-corrected chi connectivity index (χ2v) is 3.79. The Bertz CT molecular complexity index is 143. The van der Waals surface area contributed by atoms with Crippen molar-refractivity contribution in [2.45, 2.75) is 33.7 Å². The van der Waals surface area contributed by atoms with E-state index in [4.69, 9.17) is 5.73 Å². The van der Waals surface area contributed by atoms with Crippen LogP contribution < -0.4 is 11.1 Å². The van der Waals surface area contributed by atoms with Crippen molar-refractivity contribution in [1.82, 2.24) is 5.32 Å². The van der Waals surface area contributed by atoms with Crippen LogP contribution >= 0.6 is 0 Å². The maximum Gasteiger partial charge on any atom is 0.224 e. The Labute approximate surface area is 74.7 Å². The zero-order valence-electron chi connectivity index (χ0n) is 8.42. The molecule has 72 valence electrons. The van der Waals surface area contributed by atoms with Gasteiger partial charge in [0, 0.05) is 18.5 Å². The summed E-state index contributed by atoms with van der Waals surface area (Å²) in [6.45, 7) is 8.56. The van der Waals surface area contributed by atoms with Crippen molar-refractivity contribution in [3.8, 4) is 0 Å². The Morgan fingerprint density at radius 1 is 1.33 bits per heavy atom. The van der Waals surface area contributed by atoms with E-state index >= 15 is 0 Å². The molecule has 12 heavy (non-hydrogen) atoms. The van der Waals surface area contributed by atoms with E-state index in [1.165, 1.54) is 0 Å². The number of rotatable bonds is 4. The van der Waals surface area contributed by atoms with Crippen LogP contribution in [0.4, 0.5) is 0 Å². The largest absolute Gasteiger partial charge is 0.356 e. The van der Waals surface area contributed by atoms with Crippen LogP contribution in [0, 0.1) is 11.8 Å². The molecule has 0 aromatic rings. The summed E-state index contributed by atoms with van der Waals surface area (Å²) in [5.74, 6) is 0.455. The van der Waals surface area contributed by atoms with Crippen molar-refractivity contribution < 1.29 is 4.79 Å². The standard InChI is InChI=1S/C9H20N2O/c1-6(2)5-11-9(12)7(3)8(4)10/h6-8H,5,10H2,1-4H3,(H,11,12). The molecule has 0 aromatic carbocycles. The monoisotopic (exact) mass is 172 g/mol. The van der Waals surface area contributed by atoms with Crippen LogP contribution in [0.15, 0.2) is 0 Å². The van der Waals surface area contributed by atoms with E-state index in [0.717, 1.165) is 6.54 Å². The zero-order chi connectivity index (χ0) is 9.72. The summed E-state index contributed by atoms with van der Waals surface area (Å²) >= 11 is 0. The molecule has 0 fully saturated rings. The molecule has 3 nitrogen and oxygen atoms in total. The lowest BCUT2D eigenvalue weighted by Gasteiger charge is -2.16. The first-order chi connectivity index (χ1) is 5.45. The third-order valence-electron chi connectivity index (χ3n) is 1.89. The first kappa shape index (κ1) is 11.4. The predicted octanol–water partition coefficient (Wildman–Crippen LogP) is 0.742. The molecule has 0 saturated carbocycles. The fraction of sp³-hybridized carbons (Fsp3) is 0.889. The quantitative estimate of drug-likeness (QED) is 0.657. The van der Waals surface area contributed by atoms with Crippen molar-refractivity contribution in [2.24, 2.45) is 17.6 Å². The first-order valence-corrected chi connectivity index (χ1v) is 4.48. The summed E-state index contributed by atoms with van der Waals surface area (Å²) in [6.07, 6.45) is 0. The normalized spacial score (nSPS) is 15.8. The minimum Gasteiger partial charge on any atom is -0.356 e. The Balaban J connectivity index is 3.72. The molecule has 0 rings (SSSR count). The van der Waals surface area contributed by atoms with Crippen LogP contribution in [0.3, 0.4) is 0 Å². The van der Waals surface area contributed by atoms with Gasteiger partial charge < -0.3 is 11.1 Å². The van der Waals surface area contributed by atoms with E-state index in [2.05, 4.69) is 19.2 Å². The Hall–Kier alpha value is -0.570. The third-order valence-corrected chi connectivity index (χ3v) is 1.89. The lowest BCUT2D eigenvalue weighted by Crippen LogP contribution is -2.39. The van der Waals surface area contributed by atoms with Crippen LogP contribution in [0.1, 0.15) is 27.7 Å². The molecule has 0 saturated heterocycles. The van der Waals surface area contributed by atoms with Gasteiger partial charge >= 0.3 is 0 Å². The summed E-state index contributed by atoms with van der Waals surface area (Å²) in [7, 11) is 0. The number of nitrogens with one attached hydrogen (secondary N) is 1. The summed E-state index contributed by atoms with van der Waals surface area (Å²) < 4.78 is 0. The molecule has 0 aromatic heterocycles. The van der Waals surface area contributed by atoms with Gasteiger partial charge in [0.1, 0.15) is 0 Å². The topological polar surface area (TPSA) is 55.1 Å². The van der Waals surface area contributed by atoms with Gasteiger partial charge in [-0.25, -0.2) is 0 Å². The lowest BCUT2D eigenvalue weighted by atomic mass is 10.0. The molecule has 1 amide bonds. The van der Waals surface area contributed by atoms with Crippen molar-refractivity contribution >= 4 is 5.91 Å². The second-order valence-electron chi connectivity index (χ2n) is 3.79. The molecule has 2 unspecified atom stereocenters. The Kier molecular flexibility index (Phi) is 4.90. The maximum absolute atomic E-state index is 11.3. The van der Waals surface area contributed by atoms with E-state index in [9.17, 15) is 4.79 Å². The van der Waals surface area contributed by atoms with Crippen LogP contribution in [-0.4, -0.2) is 18.5 Å². The molecule has 3 heteroatoms. The zero-order valence-corrected chi connectivity index (χ0v) is 8.42. The summed E-state index contributed by atoms with van der Waals surface area (Å²) in [6, 6.07) is -0.0721.